The van der Waals surface area contributed by atoms with Crippen molar-refractivity contribution in [3.8, 4) is 0 Å². The van der Waals surface area contributed by atoms with Crippen LogP contribution in [0.1, 0.15) is 40.8 Å². The van der Waals surface area contributed by atoms with Gasteiger partial charge in [-0.1, -0.05) is 0 Å². The minimum absolute atomic E-state index is 0.350. The summed E-state index contributed by atoms with van der Waals surface area (Å²) in [6.07, 6.45) is 6.11. The summed E-state index contributed by atoms with van der Waals surface area (Å²) in [5, 5.41) is 8.65. The van der Waals surface area contributed by atoms with E-state index >= 15 is 0 Å². The van der Waals surface area contributed by atoms with Gasteiger partial charge < -0.3 is 5.32 Å². The van der Waals surface area contributed by atoms with Crippen LogP contribution in [0.3, 0.4) is 0 Å². The van der Waals surface area contributed by atoms with E-state index < -0.39 is 0 Å². The van der Waals surface area contributed by atoms with E-state index in [0.717, 1.165) is 41.7 Å². The molecule has 0 saturated carbocycles. The molecule has 1 N–H and O–H groups in total. The molecule has 0 aliphatic carbocycles. The van der Waals surface area contributed by atoms with Crippen LogP contribution in [0.15, 0.2) is 30.6 Å². The van der Waals surface area contributed by atoms with Gasteiger partial charge in [-0.2, -0.15) is 5.10 Å². The van der Waals surface area contributed by atoms with Crippen molar-refractivity contribution >= 4 is 22.2 Å². The molecule has 0 radical (unpaired) electrons. The molecule has 0 unspecified atom stereocenters. The van der Waals surface area contributed by atoms with Gasteiger partial charge in [-0.05, 0) is 51.4 Å². The lowest BCUT2D eigenvalue weighted by Gasteiger charge is -2.24. The molecule has 136 valence electrons. The molecule has 7 heteroatoms. The smallest absolute Gasteiger partial charge is 0.187 e. The quantitative estimate of drug-likeness (QED) is 0.738. The lowest BCUT2D eigenvalue weighted by atomic mass is 10.1. The number of hydrogen-bond acceptors (Lipinski definition) is 6. The van der Waals surface area contributed by atoms with Crippen molar-refractivity contribution in [3.05, 3.63) is 52.6 Å². The highest BCUT2D eigenvalue weighted by Gasteiger charge is 2.28. The zero-order chi connectivity index (χ0) is 18.1. The Kier molecular flexibility index (Phi) is 4.74. The SMILES string of the molecule is Cc1cc(Nc2ncc(C)s2)cc([C@H]2CCCN2Cc2ccnn2C)n1. The number of thiazole rings is 1. The molecule has 1 atom stereocenters. The number of pyridine rings is 1. The maximum Gasteiger partial charge on any atom is 0.187 e. The van der Waals surface area contributed by atoms with Crippen molar-refractivity contribution in [2.24, 2.45) is 7.05 Å². The molecule has 4 heterocycles. The monoisotopic (exact) mass is 368 g/mol. The number of hydrogen-bond donors (Lipinski definition) is 1. The van der Waals surface area contributed by atoms with Crippen molar-refractivity contribution in [2.75, 3.05) is 11.9 Å². The summed E-state index contributed by atoms with van der Waals surface area (Å²) in [6, 6.07) is 6.70. The number of aromatic nitrogens is 4. The average Bonchev–Trinajstić information content (AvgIpc) is 3.31. The Morgan fingerprint density at radius 1 is 1.31 bits per heavy atom. The maximum absolute atomic E-state index is 4.84. The summed E-state index contributed by atoms with van der Waals surface area (Å²) in [4.78, 5) is 13.0. The highest BCUT2D eigenvalue weighted by atomic mass is 32.1. The molecule has 1 fully saturated rings. The number of nitrogens with one attached hydrogen (secondary N) is 1. The van der Waals surface area contributed by atoms with E-state index in [1.165, 1.54) is 17.0 Å². The van der Waals surface area contributed by atoms with Crippen LogP contribution in [-0.4, -0.2) is 31.2 Å². The molecule has 3 aromatic heterocycles. The topological polar surface area (TPSA) is 58.9 Å². The second-order valence-electron chi connectivity index (χ2n) is 6.90. The summed E-state index contributed by atoms with van der Waals surface area (Å²) >= 11 is 1.67. The first kappa shape index (κ1) is 17.2. The fraction of sp³-hybridized carbons (Fsp3) is 0.421. The first-order valence-corrected chi connectivity index (χ1v) is 9.79. The van der Waals surface area contributed by atoms with Gasteiger partial charge in [0, 0.05) is 42.2 Å². The Hall–Kier alpha value is -2.25. The molecule has 1 saturated heterocycles. The van der Waals surface area contributed by atoms with E-state index in [9.17, 15) is 0 Å². The zero-order valence-electron chi connectivity index (χ0n) is 15.4. The van der Waals surface area contributed by atoms with Crippen LogP contribution in [0.5, 0.6) is 0 Å². The van der Waals surface area contributed by atoms with Crippen LogP contribution in [0.4, 0.5) is 10.8 Å². The third-order valence-corrected chi connectivity index (χ3v) is 5.67. The van der Waals surface area contributed by atoms with E-state index in [0.29, 0.717) is 6.04 Å². The molecule has 3 aromatic rings. The molecule has 1 aliphatic heterocycles. The zero-order valence-corrected chi connectivity index (χ0v) is 16.3. The normalized spacial score (nSPS) is 17.7. The number of nitrogens with zero attached hydrogens (tertiary/aromatic N) is 5. The van der Waals surface area contributed by atoms with Gasteiger partial charge in [0.15, 0.2) is 5.13 Å². The number of rotatable bonds is 5. The van der Waals surface area contributed by atoms with Crippen LogP contribution >= 0.6 is 11.3 Å². The standard InChI is InChI=1S/C19H24N6S/c1-13-9-15(23-19-20-11-14(2)26-19)10-17(22-13)18-5-4-8-25(18)12-16-6-7-21-24(16)3/h6-7,9-11,18H,4-5,8,12H2,1-3H3,(H,20,22,23)/t18-/m1/s1. The fourth-order valence-corrected chi connectivity index (χ4v) is 4.27. The Labute approximate surface area is 157 Å². The van der Waals surface area contributed by atoms with Crippen molar-refractivity contribution in [1.29, 1.82) is 0 Å². The Morgan fingerprint density at radius 2 is 2.19 bits per heavy atom. The molecule has 0 spiro atoms. The molecule has 6 nitrogen and oxygen atoms in total. The Morgan fingerprint density at radius 3 is 2.92 bits per heavy atom. The average molecular weight is 369 g/mol. The third kappa shape index (κ3) is 3.64. The molecule has 0 aromatic carbocycles. The fourth-order valence-electron chi connectivity index (χ4n) is 3.59. The molecular formula is C19H24N6S. The van der Waals surface area contributed by atoms with Gasteiger partial charge >= 0.3 is 0 Å². The van der Waals surface area contributed by atoms with Gasteiger partial charge in [-0.25, -0.2) is 4.98 Å². The summed E-state index contributed by atoms with van der Waals surface area (Å²) < 4.78 is 1.96. The van der Waals surface area contributed by atoms with Crippen molar-refractivity contribution < 1.29 is 0 Å². The van der Waals surface area contributed by atoms with Gasteiger partial charge in [-0.15, -0.1) is 11.3 Å². The summed E-state index contributed by atoms with van der Waals surface area (Å²) in [5.41, 5.74) is 4.47. The molecule has 0 bridgehead atoms. The summed E-state index contributed by atoms with van der Waals surface area (Å²) in [5.74, 6) is 0. The van der Waals surface area contributed by atoms with Crippen LogP contribution < -0.4 is 5.32 Å². The lowest BCUT2D eigenvalue weighted by Crippen LogP contribution is -2.25. The van der Waals surface area contributed by atoms with Gasteiger partial charge in [0.05, 0.1) is 17.4 Å². The maximum atomic E-state index is 4.84. The van der Waals surface area contributed by atoms with E-state index in [1.807, 2.05) is 24.1 Å². The summed E-state index contributed by atoms with van der Waals surface area (Å²) in [6.45, 7) is 6.13. The Bertz CT molecular complexity index is 899. The van der Waals surface area contributed by atoms with Crippen molar-refractivity contribution in [3.63, 3.8) is 0 Å². The van der Waals surface area contributed by atoms with E-state index in [-0.39, 0.29) is 0 Å². The van der Waals surface area contributed by atoms with Gasteiger partial charge in [0.1, 0.15) is 0 Å². The first-order valence-electron chi connectivity index (χ1n) is 8.97. The summed E-state index contributed by atoms with van der Waals surface area (Å²) in [7, 11) is 2.00. The van der Waals surface area contributed by atoms with Gasteiger partial charge in [0.25, 0.3) is 0 Å². The van der Waals surface area contributed by atoms with Crippen LogP contribution in [0.25, 0.3) is 0 Å². The first-order chi connectivity index (χ1) is 12.6. The number of anilines is 2. The van der Waals surface area contributed by atoms with E-state index in [1.54, 1.807) is 11.3 Å². The van der Waals surface area contributed by atoms with Crippen molar-refractivity contribution in [1.82, 2.24) is 24.6 Å². The highest BCUT2D eigenvalue weighted by Crippen LogP contribution is 2.34. The predicted molar refractivity (Wildman–Crippen MR) is 105 cm³/mol. The predicted octanol–water partition coefficient (Wildman–Crippen LogP) is 3.97. The molecular weight excluding hydrogens is 344 g/mol. The van der Waals surface area contributed by atoms with Crippen molar-refractivity contribution in [2.45, 2.75) is 39.3 Å². The molecule has 26 heavy (non-hydrogen) atoms. The van der Waals surface area contributed by atoms with Crippen LogP contribution in [0.2, 0.25) is 0 Å². The minimum atomic E-state index is 0.350. The van der Waals surface area contributed by atoms with Crippen LogP contribution in [-0.2, 0) is 13.6 Å². The minimum Gasteiger partial charge on any atom is -0.331 e. The lowest BCUT2D eigenvalue weighted by molar-refractivity contribution is 0.238. The van der Waals surface area contributed by atoms with E-state index in [4.69, 9.17) is 4.98 Å². The van der Waals surface area contributed by atoms with Gasteiger partial charge in [-0.3, -0.25) is 14.6 Å². The molecule has 0 amide bonds. The molecule has 1 aliphatic rings. The van der Waals surface area contributed by atoms with Gasteiger partial charge in [0.2, 0.25) is 0 Å². The third-order valence-electron chi connectivity index (χ3n) is 4.84. The highest BCUT2D eigenvalue weighted by molar-refractivity contribution is 7.15. The molecule has 4 rings (SSSR count). The van der Waals surface area contributed by atoms with Crippen LogP contribution in [0, 0.1) is 13.8 Å². The van der Waals surface area contributed by atoms with E-state index in [2.05, 4.69) is 52.3 Å². The number of likely N-dealkylation sites (tertiary alicyclic amines) is 1. The Balaban J connectivity index is 1.56. The second-order valence-corrected chi connectivity index (χ2v) is 8.13. The largest absolute Gasteiger partial charge is 0.331 e. The number of aryl methyl sites for hydroxylation is 3. The second kappa shape index (κ2) is 7.17.